The van der Waals surface area contributed by atoms with Gasteiger partial charge in [-0.1, -0.05) is 35.9 Å². The van der Waals surface area contributed by atoms with Gasteiger partial charge in [0.15, 0.2) is 0 Å². The first-order valence-electron chi connectivity index (χ1n) is 11.6. The van der Waals surface area contributed by atoms with Crippen LogP contribution in [-0.4, -0.2) is 59.2 Å². The van der Waals surface area contributed by atoms with E-state index in [4.69, 9.17) is 16.3 Å². The molecule has 2 aromatic carbocycles. The molecular formula is C27H30ClN3O2. The number of carbonyl (C=O) groups is 1. The summed E-state index contributed by atoms with van der Waals surface area (Å²) >= 11 is 6.39. The summed E-state index contributed by atoms with van der Waals surface area (Å²) in [6, 6.07) is 18.4. The lowest BCUT2D eigenvalue weighted by atomic mass is 9.92. The van der Waals surface area contributed by atoms with Crippen LogP contribution in [0.4, 0.5) is 0 Å². The van der Waals surface area contributed by atoms with Crippen molar-refractivity contribution in [1.29, 1.82) is 0 Å². The highest BCUT2D eigenvalue weighted by Crippen LogP contribution is 2.32. The summed E-state index contributed by atoms with van der Waals surface area (Å²) in [4.78, 5) is 18.6. The van der Waals surface area contributed by atoms with Crippen LogP contribution < -0.4 is 0 Å². The van der Waals surface area contributed by atoms with Gasteiger partial charge in [-0.15, -0.1) is 0 Å². The van der Waals surface area contributed by atoms with Crippen molar-refractivity contribution in [1.82, 2.24) is 14.4 Å². The van der Waals surface area contributed by atoms with E-state index in [-0.39, 0.29) is 11.9 Å². The van der Waals surface area contributed by atoms with Crippen molar-refractivity contribution in [2.24, 2.45) is 7.05 Å². The van der Waals surface area contributed by atoms with E-state index in [1.165, 1.54) is 11.1 Å². The first-order valence-corrected chi connectivity index (χ1v) is 12.0. The first-order chi connectivity index (χ1) is 16.0. The monoisotopic (exact) mass is 463 g/mol. The Morgan fingerprint density at radius 2 is 1.82 bits per heavy atom. The standard InChI is InChI=1S/C27H30ClN3O2/c1-19-7-10-26(29(19)2)25-16-22(28)8-9-24(25)27(32)31-17-21-6-4-3-5-20(21)15-23(31)18-30-11-13-33-14-12-30/h3-10,16,23H,11-15,17-18H2,1-2H3. The van der Waals surface area contributed by atoms with E-state index in [1.807, 2.05) is 25.2 Å². The molecule has 3 aromatic rings. The van der Waals surface area contributed by atoms with E-state index in [2.05, 4.69) is 57.7 Å². The van der Waals surface area contributed by atoms with Crippen LogP contribution in [0, 0.1) is 6.92 Å². The zero-order valence-corrected chi connectivity index (χ0v) is 20.0. The van der Waals surface area contributed by atoms with Gasteiger partial charge in [-0.05, 0) is 54.8 Å². The molecule has 2 aliphatic heterocycles. The minimum absolute atomic E-state index is 0.0632. The summed E-state index contributed by atoms with van der Waals surface area (Å²) < 4.78 is 7.65. The lowest BCUT2D eigenvalue weighted by Gasteiger charge is -2.40. The van der Waals surface area contributed by atoms with E-state index in [1.54, 1.807) is 0 Å². The Bertz CT molecular complexity index is 1170. The highest BCUT2D eigenvalue weighted by atomic mass is 35.5. The Balaban J connectivity index is 1.52. The number of halogens is 1. The average Bonchev–Trinajstić information content (AvgIpc) is 3.17. The molecule has 6 heteroatoms. The van der Waals surface area contributed by atoms with E-state index < -0.39 is 0 Å². The maximum atomic E-state index is 14.1. The molecule has 0 saturated carbocycles. The molecule has 33 heavy (non-hydrogen) atoms. The number of hydrogen-bond acceptors (Lipinski definition) is 3. The molecule has 1 unspecified atom stereocenters. The molecule has 172 valence electrons. The molecular weight excluding hydrogens is 434 g/mol. The van der Waals surface area contributed by atoms with E-state index in [0.29, 0.717) is 17.1 Å². The summed E-state index contributed by atoms with van der Waals surface area (Å²) in [5.74, 6) is 0.0632. The highest BCUT2D eigenvalue weighted by Gasteiger charge is 2.33. The number of benzene rings is 2. The van der Waals surface area contributed by atoms with Gasteiger partial charge in [0.2, 0.25) is 0 Å². The lowest BCUT2D eigenvalue weighted by Crippen LogP contribution is -2.52. The van der Waals surface area contributed by atoms with E-state index in [9.17, 15) is 4.79 Å². The second kappa shape index (κ2) is 9.34. The molecule has 1 saturated heterocycles. The van der Waals surface area contributed by atoms with Crippen LogP contribution in [0.25, 0.3) is 11.3 Å². The molecule has 0 N–H and O–H groups in total. The smallest absolute Gasteiger partial charge is 0.255 e. The highest BCUT2D eigenvalue weighted by molar-refractivity contribution is 6.31. The molecule has 0 bridgehead atoms. The van der Waals surface area contributed by atoms with Gasteiger partial charge in [0.25, 0.3) is 5.91 Å². The Labute approximate surface area is 200 Å². The van der Waals surface area contributed by atoms with Crippen molar-refractivity contribution < 1.29 is 9.53 Å². The largest absolute Gasteiger partial charge is 0.379 e. The van der Waals surface area contributed by atoms with Crippen LogP contribution in [0.15, 0.2) is 54.6 Å². The second-order valence-corrected chi connectivity index (χ2v) is 9.52. The topological polar surface area (TPSA) is 37.7 Å². The number of amides is 1. The minimum atomic E-state index is 0.0632. The fourth-order valence-corrected chi connectivity index (χ4v) is 5.20. The molecule has 0 radical (unpaired) electrons. The fraction of sp³-hybridized carbons (Fsp3) is 0.370. The maximum Gasteiger partial charge on any atom is 0.255 e. The molecule has 5 rings (SSSR count). The number of morpholine rings is 1. The normalized spacial score (nSPS) is 18.9. The number of nitrogens with zero attached hydrogens (tertiary/aromatic N) is 3. The Hall–Kier alpha value is -2.60. The molecule has 1 fully saturated rings. The second-order valence-electron chi connectivity index (χ2n) is 9.08. The van der Waals surface area contributed by atoms with Gasteiger partial charge in [0.1, 0.15) is 0 Å². The molecule has 0 aliphatic carbocycles. The van der Waals surface area contributed by atoms with Gasteiger partial charge in [-0.3, -0.25) is 9.69 Å². The van der Waals surface area contributed by atoms with Gasteiger partial charge >= 0.3 is 0 Å². The van der Waals surface area contributed by atoms with Crippen LogP contribution in [0.1, 0.15) is 27.2 Å². The number of hydrogen-bond donors (Lipinski definition) is 0. The number of rotatable bonds is 4. The summed E-state index contributed by atoms with van der Waals surface area (Å²) in [5.41, 5.74) is 6.29. The van der Waals surface area contributed by atoms with Crippen molar-refractivity contribution in [3.05, 3.63) is 82.0 Å². The molecule has 0 spiro atoms. The predicted octanol–water partition coefficient (Wildman–Crippen LogP) is 4.55. The fourth-order valence-electron chi connectivity index (χ4n) is 5.02. The van der Waals surface area contributed by atoms with Gasteiger partial charge in [0.05, 0.1) is 13.2 Å². The minimum Gasteiger partial charge on any atom is -0.379 e. The van der Waals surface area contributed by atoms with Crippen molar-refractivity contribution in [3.8, 4) is 11.3 Å². The SMILES string of the molecule is Cc1ccc(-c2cc(Cl)ccc2C(=O)N2Cc3ccccc3CC2CN2CCOCC2)n1C. The number of fused-ring (bicyclic) bond motifs is 1. The number of aromatic nitrogens is 1. The number of ether oxygens (including phenoxy) is 1. The summed E-state index contributed by atoms with van der Waals surface area (Å²) in [6.07, 6.45) is 0.867. The summed E-state index contributed by atoms with van der Waals surface area (Å²) in [7, 11) is 2.03. The van der Waals surface area contributed by atoms with Gasteiger partial charge in [-0.2, -0.15) is 0 Å². The zero-order valence-electron chi connectivity index (χ0n) is 19.3. The van der Waals surface area contributed by atoms with E-state index >= 15 is 0 Å². The third-order valence-corrected chi connectivity index (χ3v) is 7.28. The van der Waals surface area contributed by atoms with Crippen molar-refractivity contribution in [2.75, 3.05) is 32.8 Å². The van der Waals surface area contributed by atoms with Crippen LogP contribution in [-0.2, 0) is 24.8 Å². The van der Waals surface area contributed by atoms with Crippen molar-refractivity contribution in [2.45, 2.75) is 25.9 Å². The van der Waals surface area contributed by atoms with Gasteiger partial charge < -0.3 is 14.2 Å². The molecule has 1 atom stereocenters. The lowest BCUT2D eigenvalue weighted by molar-refractivity contribution is 0.0193. The molecule has 2 aliphatic rings. The van der Waals surface area contributed by atoms with Gasteiger partial charge in [-0.25, -0.2) is 0 Å². The van der Waals surface area contributed by atoms with E-state index in [0.717, 1.165) is 56.2 Å². The van der Waals surface area contributed by atoms with Crippen molar-refractivity contribution in [3.63, 3.8) is 0 Å². The predicted molar refractivity (Wildman–Crippen MR) is 132 cm³/mol. The quantitative estimate of drug-likeness (QED) is 0.569. The Morgan fingerprint density at radius 1 is 1.06 bits per heavy atom. The summed E-state index contributed by atoms with van der Waals surface area (Å²) in [5, 5.41) is 0.634. The van der Waals surface area contributed by atoms with Crippen molar-refractivity contribution >= 4 is 17.5 Å². The Kier molecular flexibility index (Phi) is 6.28. The van der Waals surface area contributed by atoms with Crippen LogP contribution >= 0.6 is 11.6 Å². The van der Waals surface area contributed by atoms with Crippen LogP contribution in [0.5, 0.6) is 0 Å². The molecule has 5 nitrogen and oxygen atoms in total. The zero-order chi connectivity index (χ0) is 22.9. The number of carbonyl (C=O) groups excluding carboxylic acids is 1. The Morgan fingerprint density at radius 3 is 2.55 bits per heavy atom. The summed E-state index contributed by atoms with van der Waals surface area (Å²) in [6.45, 7) is 6.88. The van der Waals surface area contributed by atoms with Gasteiger partial charge in [0, 0.05) is 66.8 Å². The van der Waals surface area contributed by atoms with Crippen LogP contribution in [0.2, 0.25) is 5.02 Å². The molecule has 3 heterocycles. The maximum absolute atomic E-state index is 14.1. The third kappa shape index (κ3) is 4.45. The first kappa shape index (κ1) is 22.2. The van der Waals surface area contributed by atoms with Crippen LogP contribution in [0.3, 0.4) is 0 Å². The average molecular weight is 464 g/mol. The molecule has 1 aromatic heterocycles. The number of aryl methyl sites for hydroxylation is 1. The third-order valence-electron chi connectivity index (χ3n) is 7.05. The molecule has 1 amide bonds.